The van der Waals surface area contributed by atoms with Gasteiger partial charge in [0.05, 0.1) is 18.1 Å². The zero-order valence-electron chi connectivity index (χ0n) is 18.0. The van der Waals surface area contributed by atoms with E-state index in [-0.39, 0.29) is 18.0 Å². The number of carbonyl (C=O) groups excluding carboxylic acids is 2. The van der Waals surface area contributed by atoms with Crippen molar-refractivity contribution in [2.24, 2.45) is 0 Å². The predicted octanol–water partition coefficient (Wildman–Crippen LogP) is 2.60. The lowest BCUT2D eigenvalue weighted by atomic mass is 10.2. The fourth-order valence-corrected chi connectivity index (χ4v) is 4.78. The van der Waals surface area contributed by atoms with E-state index in [1.807, 2.05) is 30.3 Å². The quantitative estimate of drug-likeness (QED) is 0.506. The first kappa shape index (κ1) is 23.6. The van der Waals surface area contributed by atoms with E-state index in [1.54, 1.807) is 25.1 Å². The number of morpholine rings is 1. The van der Waals surface area contributed by atoms with E-state index in [0.29, 0.717) is 24.5 Å². The molecule has 170 valence electrons. The minimum atomic E-state index is -3.72. The van der Waals surface area contributed by atoms with Crippen molar-refractivity contribution < 1.29 is 27.5 Å². The van der Waals surface area contributed by atoms with Gasteiger partial charge in [-0.3, -0.25) is 4.79 Å². The summed E-state index contributed by atoms with van der Waals surface area (Å²) in [6.45, 7) is 4.39. The molecule has 0 unspecified atom stereocenters. The number of hydrogen-bond donors (Lipinski definition) is 1. The topological polar surface area (TPSA) is 102 Å². The van der Waals surface area contributed by atoms with Crippen molar-refractivity contribution in [3.05, 3.63) is 65.7 Å². The van der Waals surface area contributed by atoms with Crippen molar-refractivity contribution in [1.29, 1.82) is 0 Å². The second kappa shape index (κ2) is 10.5. The molecule has 0 spiro atoms. The van der Waals surface area contributed by atoms with Gasteiger partial charge >= 0.3 is 5.97 Å². The summed E-state index contributed by atoms with van der Waals surface area (Å²) >= 11 is 0. The third kappa shape index (κ3) is 6.03. The Morgan fingerprint density at radius 3 is 2.50 bits per heavy atom. The molecule has 2 aromatic carbocycles. The molecule has 0 radical (unpaired) electrons. The Labute approximate surface area is 187 Å². The van der Waals surface area contributed by atoms with E-state index in [2.05, 4.69) is 5.32 Å². The summed E-state index contributed by atoms with van der Waals surface area (Å²) < 4.78 is 37.7. The summed E-state index contributed by atoms with van der Waals surface area (Å²) in [5.41, 5.74) is 1.70. The number of ether oxygens (including phenoxy) is 2. The van der Waals surface area contributed by atoms with Gasteiger partial charge in [-0.2, -0.15) is 4.31 Å². The van der Waals surface area contributed by atoms with Crippen LogP contribution in [0.1, 0.15) is 18.1 Å². The number of nitrogens with one attached hydrogen (secondary N) is 1. The van der Waals surface area contributed by atoms with E-state index >= 15 is 0 Å². The molecule has 1 N–H and O–H groups in total. The summed E-state index contributed by atoms with van der Waals surface area (Å²) in [7, 11) is -3.72. The first-order chi connectivity index (χ1) is 15.3. The summed E-state index contributed by atoms with van der Waals surface area (Å²) in [5, 5.41) is 2.62. The zero-order valence-corrected chi connectivity index (χ0v) is 18.8. The van der Waals surface area contributed by atoms with Gasteiger partial charge in [0.25, 0.3) is 5.91 Å². The molecule has 8 nitrogen and oxygen atoms in total. The molecule has 1 atom stereocenters. The van der Waals surface area contributed by atoms with Crippen LogP contribution in [-0.2, 0) is 29.1 Å². The Bertz CT molecular complexity index is 1090. The Hall–Kier alpha value is -3.01. The Kier molecular flexibility index (Phi) is 7.79. The fraction of sp³-hybridized carbons (Fsp3) is 0.304. The molecule has 3 rings (SSSR count). The zero-order chi connectivity index (χ0) is 23.1. The number of sulfonamides is 1. The van der Waals surface area contributed by atoms with Gasteiger partial charge in [-0.15, -0.1) is 0 Å². The summed E-state index contributed by atoms with van der Waals surface area (Å²) in [6.07, 6.45) is 1.77. The van der Waals surface area contributed by atoms with E-state index in [0.717, 1.165) is 5.56 Å². The highest BCUT2D eigenvalue weighted by atomic mass is 32.2. The normalized spacial score (nSPS) is 15.9. The van der Waals surface area contributed by atoms with E-state index in [4.69, 9.17) is 9.47 Å². The highest BCUT2D eigenvalue weighted by Crippen LogP contribution is 2.24. The Balaban J connectivity index is 1.65. The van der Waals surface area contributed by atoms with Crippen molar-refractivity contribution in [1.82, 2.24) is 4.31 Å². The lowest BCUT2D eigenvalue weighted by molar-refractivity contribution is -0.148. The summed E-state index contributed by atoms with van der Waals surface area (Å²) in [6, 6.07) is 13.9. The molecule has 0 aromatic heterocycles. The van der Waals surface area contributed by atoms with Crippen LogP contribution in [0.15, 0.2) is 59.5 Å². The number of esters is 1. The van der Waals surface area contributed by atoms with Crippen LogP contribution >= 0.6 is 0 Å². The first-order valence-electron chi connectivity index (χ1n) is 10.2. The van der Waals surface area contributed by atoms with Crippen molar-refractivity contribution in [2.45, 2.75) is 24.8 Å². The molecule has 1 aliphatic rings. The number of carbonyl (C=O) groups is 2. The number of benzene rings is 2. The maximum Gasteiger partial charge on any atom is 0.331 e. The van der Waals surface area contributed by atoms with Crippen LogP contribution < -0.4 is 5.32 Å². The average Bonchev–Trinajstić information content (AvgIpc) is 2.80. The molecule has 1 heterocycles. The van der Waals surface area contributed by atoms with Crippen LogP contribution in [0.25, 0.3) is 6.08 Å². The molecular weight excluding hydrogens is 432 g/mol. The Morgan fingerprint density at radius 1 is 1.12 bits per heavy atom. The van der Waals surface area contributed by atoms with Crippen LogP contribution in [0.5, 0.6) is 0 Å². The predicted molar refractivity (Wildman–Crippen MR) is 120 cm³/mol. The van der Waals surface area contributed by atoms with Gasteiger partial charge in [0.1, 0.15) is 0 Å². The molecule has 32 heavy (non-hydrogen) atoms. The van der Waals surface area contributed by atoms with E-state index in [9.17, 15) is 18.0 Å². The number of amides is 1. The smallest absolute Gasteiger partial charge is 0.331 e. The largest absolute Gasteiger partial charge is 0.449 e. The second-order valence-electron chi connectivity index (χ2n) is 7.31. The van der Waals surface area contributed by atoms with E-state index < -0.39 is 28.0 Å². The van der Waals surface area contributed by atoms with Crippen molar-refractivity contribution >= 4 is 33.7 Å². The van der Waals surface area contributed by atoms with Crippen LogP contribution in [0.4, 0.5) is 5.69 Å². The number of hydrogen-bond acceptors (Lipinski definition) is 6. The van der Waals surface area contributed by atoms with Crippen molar-refractivity contribution in [3.8, 4) is 0 Å². The Morgan fingerprint density at radius 2 is 1.81 bits per heavy atom. The highest BCUT2D eigenvalue weighted by Gasteiger charge is 2.28. The third-order valence-electron chi connectivity index (χ3n) is 4.92. The second-order valence-corrected chi connectivity index (χ2v) is 9.22. The number of anilines is 1. The molecule has 0 aliphatic carbocycles. The van der Waals surface area contributed by atoms with Gasteiger partial charge in [0.15, 0.2) is 6.10 Å². The van der Waals surface area contributed by atoms with Gasteiger partial charge in [-0.25, -0.2) is 13.2 Å². The van der Waals surface area contributed by atoms with Gasteiger partial charge in [0.2, 0.25) is 10.0 Å². The minimum absolute atomic E-state index is 0.118. The van der Waals surface area contributed by atoms with Gasteiger partial charge in [0, 0.05) is 24.9 Å². The molecule has 9 heteroatoms. The molecule has 0 saturated carbocycles. The molecule has 1 amide bonds. The lowest BCUT2D eigenvalue weighted by Gasteiger charge is -2.27. The number of nitrogens with zero attached hydrogens (tertiary/aromatic N) is 1. The first-order valence-corrected chi connectivity index (χ1v) is 11.6. The van der Waals surface area contributed by atoms with Gasteiger partial charge in [-0.1, -0.05) is 36.4 Å². The number of aryl methyl sites for hydroxylation is 1. The molecule has 1 aliphatic heterocycles. The standard InChI is InChI=1S/C23H26N2O6S/c1-17-8-10-20(16-21(17)32(28,29)25-12-14-30-15-13-25)24-23(27)18(2)31-22(26)11-9-19-6-4-3-5-7-19/h3-11,16,18H,12-15H2,1-2H3,(H,24,27)/b11-9+/t18-/m1/s1. The van der Waals surface area contributed by atoms with Crippen LogP contribution in [0.3, 0.4) is 0 Å². The van der Waals surface area contributed by atoms with Crippen LogP contribution in [0, 0.1) is 6.92 Å². The third-order valence-corrected chi connectivity index (χ3v) is 6.96. The molecule has 1 saturated heterocycles. The highest BCUT2D eigenvalue weighted by molar-refractivity contribution is 7.89. The summed E-state index contributed by atoms with van der Waals surface area (Å²) in [5.74, 6) is -1.22. The van der Waals surface area contributed by atoms with Crippen LogP contribution in [-0.4, -0.2) is 57.0 Å². The SMILES string of the molecule is Cc1ccc(NC(=O)[C@@H](C)OC(=O)/C=C/c2ccccc2)cc1S(=O)(=O)N1CCOCC1. The average molecular weight is 459 g/mol. The van der Waals surface area contributed by atoms with Crippen LogP contribution in [0.2, 0.25) is 0 Å². The van der Waals surface area contributed by atoms with Crippen molar-refractivity contribution in [3.63, 3.8) is 0 Å². The van der Waals surface area contributed by atoms with Gasteiger partial charge in [-0.05, 0) is 43.2 Å². The monoisotopic (exact) mass is 458 g/mol. The molecule has 1 fully saturated rings. The van der Waals surface area contributed by atoms with E-state index in [1.165, 1.54) is 23.4 Å². The molecule has 0 bridgehead atoms. The fourth-order valence-electron chi connectivity index (χ4n) is 3.12. The lowest BCUT2D eigenvalue weighted by Crippen LogP contribution is -2.40. The molecular formula is C23H26N2O6S. The van der Waals surface area contributed by atoms with Gasteiger partial charge < -0.3 is 14.8 Å². The maximum atomic E-state index is 13.0. The maximum absolute atomic E-state index is 13.0. The summed E-state index contributed by atoms with van der Waals surface area (Å²) in [4.78, 5) is 24.6. The van der Waals surface area contributed by atoms with Crippen molar-refractivity contribution in [2.75, 3.05) is 31.6 Å². The number of rotatable bonds is 7. The molecule has 2 aromatic rings. The minimum Gasteiger partial charge on any atom is -0.449 e.